The molecule has 21 heavy (non-hydrogen) atoms. The van der Waals surface area contributed by atoms with E-state index >= 15 is 0 Å². The minimum atomic E-state index is -3.46. The van der Waals surface area contributed by atoms with E-state index in [9.17, 15) is 13.2 Å². The van der Waals surface area contributed by atoms with Crippen molar-refractivity contribution in [3.8, 4) is 0 Å². The fraction of sp³-hybridized carbons (Fsp3) is 0.267. The summed E-state index contributed by atoms with van der Waals surface area (Å²) in [6.45, 7) is 0.0395. The van der Waals surface area contributed by atoms with E-state index in [1.165, 1.54) is 7.11 Å². The maximum absolute atomic E-state index is 11.9. The van der Waals surface area contributed by atoms with Crippen molar-refractivity contribution in [1.82, 2.24) is 0 Å². The van der Waals surface area contributed by atoms with Crippen LogP contribution in [0.15, 0.2) is 36.4 Å². The van der Waals surface area contributed by atoms with Gasteiger partial charge in [-0.1, -0.05) is 30.3 Å². The second-order valence-corrected chi connectivity index (χ2v) is 6.28. The number of carbonyl (C=O) groups excluding carboxylic acids is 1. The highest BCUT2D eigenvalue weighted by Crippen LogP contribution is 2.22. The molecule has 0 aromatic heterocycles. The molecular formula is C15H16O5S. The van der Waals surface area contributed by atoms with Gasteiger partial charge in [-0.2, -0.15) is 8.42 Å². The van der Waals surface area contributed by atoms with E-state index in [2.05, 4.69) is 0 Å². The first kappa shape index (κ1) is 15.5. The lowest BCUT2D eigenvalue weighted by Crippen LogP contribution is -2.08. The van der Waals surface area contributed by atoms with Gasteiger partial charge in [0.25, 0.3) is 10.1 Å². The van der Waals surface area contributed by atoms with Crippen LogP contribution in [0.4, 0.5) is 0 Å². The predicted octanol–water partition coefficient (Wildman–Crippen LogP) is 2.15. The van der Waals surface area contributed by atoms with Crippen molar-refractivity contribution >= 4 is 26.9 Å². The number of carbonyl (C=O) groups is 1. The van der Waals surface area contributed by atoms with Crippen molar-refractivity contribution in [2.24, 2.45) is 0 Å². The molecule has 0 aliphatic rings. The Bertz CT molecular complexity index is 765. The quantitative estimate of drug-likeness (QED) is 0.625. The van der Waals surface area contributed by atoms with Crippen LogP contribution in [0.2, 0.25) is 0 Å². The SMILES string of the molecule is COC(=O)c1cc(CCOS(C)(=O)=O)cc2ccccc12. The zero-order chi connectivity index (χ0) is 15.5. The van der Waals surface area contributed by atoms with Crippen LogP contribution < -0.4 is 0 Å². The summed E-state index contributed by atoms with van der Waals surface area (Å²) in [7, 11) is -2.13. The maximum atomic E-state index is 11.9. The molecule has 0 radical (unpaired) electrons. The number of benzene rings is 2. The number of fused-ring (bicyclic) bond motifs is 1. The van der Waals surface area contributed by atoms with Crippen molar-refractivity contribution in [3.63, 3.8) is 0 Å². The van der Waals surface area contributed by atoms with Crippen LogP contribution in [0, 0.1) is 0 Å². The fourth-order valence-corrected chi connectivity index (χ4v) is 2.49. The molecule has 5 nitrogen and oxygen atoms in total. The molecule has 0 aliphatic heterocycles. The van der Waals surface area contributed by atoms with Gasteiger partial charge in [-0.25, -0.2) is 4.79 Å². The Morgan fingerprint density at radius 1 is 1.19 bits per heavy atom. The first-order valence-electron chi connectivity index (χ1n) is 6.35. The van der Waals surface area contributed by atoms with Crippen molar-refractivity contribution in [2.75, 3.05) is 20.0 Å². The molecule has 0 fully saturated rings. The first-order chi connectivity index (χ1) is 9.90. The molecule has 0 saturated carbocycles. The molecule has 2 rings (SSSR count). The summed E-state index contributed by atoms with van der Waals surface area (Å²) in [4.78, 5) is 11.9. The summed E-state index contributed by atoms with van der Waals surface area (Å²) in [5.41, 5.74) is 1.28. The van der Waals surface area contributed by atoms with Gasteiger partial charge < -0.3 is 4.74 Å². The lowest BCUT2D eigenvalue weighted by molar-refractivity contribution is 0.0603. The number of methoxy groups -OCH3 is 1. The van der Waals surface area contributed by atoms with Crippen LogP contribution in [0.3, 0.4) is 0 Å². The number of ether oxygens (including phenoxy) is 1. The van der Waals surface area contributed by atoms with Gasteiger partial charge in [0.2, 0.25) is 0 Å². The molecule has 6 heteroatoms. The Hall–Kier alpha value is -1.92. The van der Waals surface area contributed by atoms with Gasteiger partial charge in [0.1, 0.15) is 0 Å². The van der Waals surface area contributed by atoms with Gasteiger partial charge >= 0.3 is 5.97 Å². The van der Waals surface area contributed by atoms with Gasteiger partial charge in [-0.05, 0) is 28.8 Å². The van der Waals surface area contributed by atoms with Crippen molar-refractivity contribution in [3.05, 3.63) is 47.5 Å². The van der Waals surface area contributed by atoms with Gasteiger partial charge in [0.05, 0.1) is 25.5 Å². The third-order valence-electron chi connectivity index (χ3n) is 3.02. The minimum absolute atomic E-state index is 0.0395. The number of esters is 1. The average Bonchev–Trinajstić information content (AvgIpc) is 2.44. The van der Waals surface area contributed by atoms with E-state index < -0.39 is 16.1 Å². The fourth-order valence-electron chi connectivity index (χ4n) is 2.11. The van der Waals surface area contributed by atoms with Crippen LogP contribution >= 0.6 is 0 Å². The topological polar surface area (TPSA) is 69.7 Å². The second-order valence-electron chi connectivity index (χ2n) is 4.63. The third-order valence-corrected chi connectivity index (χ3v) is 3.61. The highest BCUT2D eigenvalue weighted by molar-refractivity contribution is 7.85. The van der Waals surface area contributed by atoms with Crippen LogP contribution in [-0.2, 0) is 25.5 Å². The van der Waals surface area contributed by atoms with Crippen molar-refractivity contribution in [2.45, 2.75) is 6.42 Å². The molecule has 0 unspecified atom stereocenters. The lowest BCUT2D eigenvalue weighted by Gasteiger charge is -2.09. The molecule has 0 spiro atoms. The molecule has 0 amide bonds. The van der Waals surface area contributed by atoms with Gasteiger partial charge in [-0.3, -0.25) is 4.18 Å². The minimum Gasteiger partial charge on any atom is -0.465 e. The summed E-state index contributed by atoms with van der Waals surface area (Å²) in [5, 5.41) is 1.70. The summed E-state index contributed by atoms with van der Waals surface area (Å²) >= 11 is 0. The monoisotopic (exact) mass is 308 g/mol. The number of hydrogen-bond acceptors (Lipinski definition) is 5. The standard InChI is InChI=1S/C15H16O5S/c1-19-15(16)14-10-11(7-8-20-21(2,17)18)9-12-5-3-4-6-13(12)14/h3-6,9-10H,7-8H2,1-2H3. The molecule has 112 valence electrons. The third kappa shape index (κ3) is 4.03. The van der Waals surface area contributed by atoms with Crippen LogP contribution in [-0.4, -0.2) is 34.4 Å². The maximum Gasteiger partial charge on any atom is 0.338 e. The Labute approximate surface area is 123 Å². The first-order valence-corrected chi connectivity index (χ1v) is 8.17. The Morgan fingerprint density at radius 3 is 2.57 bits per heavy atom. The zero-order valence-electron chi connectivity index (χ0n) is 11.8. The second kappa shape index (κ2) is 6.24. The van der Waals surface area contributed by atoms with Crippen LogP contribution in [0.1, 0.15) is 15.9 Å². The molecule has 2 aromatic rings. The molecule has 0 N–H and O–H groups in total. The van der Waals surface area contributed by atoms with E-state index in [1.807, 2.05) is 30.3 Å². The van der Waals surface area contributed by atoms with Crippen molar-refractivity contribution in [1.29, 1.82) is 0 Å². The Kier molecular flexibility index (Phi) is 4.59. The largest absolute Gasteiger partial charge is 0.465 e. The zero-order valence-corrected chi connectivity index (χ0v) is 12.6. The Morgan fingerprint density at radius 2 is 1.90 bits per heavy atom. The molecular weight excluding hydrogens is 292 g/mol. The molecule has 2 aromatic carbocycles. The molecule has 0 heterocycles. The molecule has 0 saturated heterocycles. The van der Waals surface area contributed by atoms with Crippen LogP contribution in [0.25, 0.3) is 10.8 Å². The van der Waals surface area contributed by atoms with E-state index in [-0.39, 0.29) is 6.61 Å². The highest BCUT2D eigenvalue weighted by atomic mass is 32.2. The smallest absolute Gasteiger partial charge is 0.338 e. The van der Waals surface area contributed by atoms with Gasteiger partial charge in [0.15, 0.2) is 0 Å². The summed E-state index contributed by atoms with van der Waals surface area (Å²) in [6.07, 6.45) is 1.40. The summed E-state index contributed by atoms with van der Waals surface area (Å²) in [6, 6.07) is 11.1. The average molecular weight is 308 g/mol. The number of rotatable bonds is 5. The summed E-state index contributed by atoms with van der Waals surface area (Å²) in [5.74, 6) is -0.419. The van der Waals surface area contributed by atoms with Crippen LogP contribution in [0.5, 0.6) is 0 Å². The lowest BCUT2D eigenvalue weighted by atomic mass is 9.99. The summed E-state index contributed by atoms with van der Waals surface area (Å²) < 4.78 is 31.4. The van der Waals surface area contributed by atoms with E-state index in [0.717, 1.165) is 22.6 Å². The molecule has 0 bridgehead atoms. The Balaban J connectivity index is 2.35. The predicted molar refractivity (Wildman–Crippen MR) is 79.8 cm³/mol. The molecule has 0 aliphatic carbocycles. The van der Waals surface area contributed by atoms with Gasteiger partial charge in [-0.15, -0.1) is 0 Å². The van der Waals surface area contributed by atoms with Crippen molar-refractivity contribution < 1.29 is 22.1 Å². The van der Waals surface area contributed by atoms with E-state index in [0.29, 0.717) is 12.0 Å². The normalized spacial score (nSPS) is 11.5. The molecule has 0 atom stereocenters. The number of hydrogen-bond donors (Lipinski definition) is 0. The highest BCUT2D eigenvalue weighted by Gasteiger charge is 2.12. The van der Waals surface area contributed by atoms with E-state index in [4.69, 9.17) is 8.92 Å². The van der Waals surface area contributed by atoms with E-state index in [1.54, 1.807) is 6.07 Å². The van der Waals surface area contributed by atoms with Gasteiger partial charge in [0, 0.05) is 0 Å².